The zero-order valence-corrected chi connectivity index (χ0v) is 55.4. The van der Waals surface area contributed by atoms with Gasteiger partial charge in [-0.1, -0.05) is 128 Å². The molecule has 8 bridgehead atoms. The van der Waals surface area contributed by atoms with E-state index in [4.69, 9.17) is 29.9 Å². The van der Waals surface area contributed by atoms with Gasteiger partial charge in [0, 0.05) is 43.8 Å². The number of aromatic amines is 2. The van der Waals surface area contributed by atoms with Gasteiger partial charge in [0.05, 0.1) is 22.3 Å². The molecule has 0 spiro atoms. The van der Waals surface area contributed by atoms with Gasteiger partial charge in [0.25, 0.3) is 0 Å². The highest BCUT2D eigenvalue weighted by atomic mass is 19.4. The lowest BCUT2D eigenvalue weighted by Crippen LogP contribution is -2.04. The first-order chi connectivity index (χ1) is 47.9. The van der Waals surface area contributed by atoms with Gasteiger partial charge in [0.1, 0.15) is 22.6 Å². The minimum absolute atomic E-state index is 0.166. The van der Waals surface area contributed by atoms with Gasteiger partial charge in [0.2, 0.25) is 0 Å². The van der Waals surface area contributed by atoms with Crippen molar-refractivity contribution in [2.45, 2.75) is 155 Å². The third kappa shape index (κ3) is 14.1. The predicted octanol–water partition coefficient (Wildman–Crippen LogP) is 24.5. The first kappa shape index (κ1) is 68.8. The van der Waals surface area contributed by atoms with Crippen molar-refractivity contribution in [3.63, 3.8) is 0 Å². The van der Waals surface area contributed by atoms with Crippen LogP contribution in [0.25, 0.3) is 134 Å². The summed E-state index contributed by atoms with van der Waals surface area (Å²) in [5, 5.41) is 2.16. The van der Waals surface area contributed by atoms with Crippen LogP contribution in [0.4, 0.5) is 52.7 Å². The molecule has 3 aromatic heterocycles. The number of rotatable bonds is 20. The first-order valence-corrected chi connectivity index (χ1v) is 34.1. The number of unbranched alkanes of at least 4 members (excludes halogenated alkanes) is 8. The maximum atomic E-state index is 14.2. The lowest BCUT2D eigenvalue weighted by atomic mass is 9.90. The summed E-state index contributed by atoms with van der Waals surface area (Å²) in [4.78, 5) is 39.2. The van der Waals surface area contributed by atoms with E-state index in [-0.39, 0.29) is 45.9 Å². The van der Waals surface area contributed by atoms with Crippen LogP contribution >= 0.6 is 0 Å². The van der Waals surface area contributed by atoms with Crippen molar-refractivity contribution in [3.05, 3.63) is 190 Å². The molecule has 0 unspecified atom stereocenters. The SMILES string of the molecule is CCCCCc1cc2c(cc1-c1ccc(C(F)(F)F)cc1)-c1nc-2nc2[nH]c(nc3nc(nc4[nH]c(n1)c1cc(CCCCC)c(-c5ccc(C(F)(F)F)cc5)cc41)-c1cc(CCCCC)c(-c4ccc(C(F)(F)F)cc4)cc1-3)c1cc(CCCCC)c(-c3ccc(C(F)(F)F)cc3)cc21. The fraction of sp³-hybridized carbons (Fsp3) is 0.300. The largest absolute Gasteiger partial charge is 0.416 e. The van der Waals surface area contributed by atoms with Crippen molar-refractivity contribution in [2.24, 2.45) is 0 Å². The molecule has 2 aliphatic heterocycles. The topological polar surface area (TPSA) is 109 Å². The number of nitrogens with one attached hydrogen (secondary N) is 2. The van der Waals surface area contributed by atoms with Crippen LogP contribution in [0.15, 0.2) is 146 Å². The van der Waals surface area contributed by atoms with Crippen LogP contribution in [-0.2, 0) is 50.4 Å². The van der Waals surface area contributed by atoms with Crippen molar-refractivity contribution >= 4 is 44.1 Å². The zero-order valence-electron chi connectivity index (χ0n) is 55.4. The van der Waals surface area contributed by atoms with E-state index in [0.717, 1.165) is 148 Å². The number of fused-ring (bicyclic) bond motifs is 20. The van der Waals surface area contributed by atoms with E-state index in [0.29, 0.717) is 114 Å². The van der Waals surface area contributed by atoms with Gasteiger partial charge in [-0.15, -0.1) is 0 Å². The van der Waals surface area contributed by atoms with E-state index in [2.05, 4.69) is 37.7 Å². The average Bonchev–Trinajstić information content (AvgIpc) is 1.56. The monoisotopic (exact) mass is 1370 g/mol. The molecular formula is C80H70F12N8. The molecule has 0 aliphatic carbocycles. The normalized spacial score (nSPS) is 12.6. The van der Waals surface area contributed by atoms with Gasteiger partial charge in [-0.3, -0.25) is 0 Å². The van der Waals surface area contributed by atoms with Crippen LogP contribution in [-0.4, -0.2) is 39.9 Å². The molecule has 8 nitrogen and oxygen atoms in total. The highest BCUT2D eigenvalue weighted by Crippen LogP contribution is 2.46. The van der Waals surface area contributed by atoms with E-state index in [9.17, 15) is 52.7 Å². The molecule has 8 aromatic carbocycles. The summed E-state index contributed by atoms with van der Waals surface area (Å²) >= 11 is 0. The summed E-state index contributed by atoms with van der Waals surface area (Å²) in [6.45, 7) is 8.27. The molecular weight excluding hydrogens is 1300 g/mol. The van der Waals surface area contributed by atoms with Crippen LogP contribution < -0.4 is 0 Å². The molecule has 0 radical (unpaired) electrons. The molecule has 0 amide bonds. The third-order valence-electron chi connectivity index (χ3n) is 19.0. The number of halogens is 12. The van der Waals surface area contributed by atoms with Crippen LogP contribution in [0.3, 0.4) is 0 Å². The van der Waals surface area contributed by atoms with E-state index >= 15 is 0 Å². The highest BCUT2D eigenvalue weighted by Gasteiger charge is 2.35. The smallest absolute Gasteiger partial charge is 0.324 e. The molecule has 13 rings (SSSR count). The maximum Gasteiger partial charge on any atom is 0.416 e. The van der Waals surface area contributed by atoms with Crippen LogP contribution in [0.2, 0.25) is 0 Å². The Bertz CT molecular complexity index is 4730. The molecule has 5 heterocycles. The van der Waals surface area contributed by atoms with E-state index in [1.54, 1.807) is 0 Å². The number of hydrogen-bond donors (Lipinski definition) is 2. The predicted molar refractivity (Wildman–Crippen MR) is 371 cm³/mol. The standard InChI is InChI=1S/C80H70F12N8/c1-5-9-13-17-49-37-61-65(41-57(49)45-21-29-53(30-22-45)77(81,82)83)73-93-69(61)97-74-66-42-58(46-23-31-54(32-24-46)78(84,85)86)50(18-14-10-6-2)38-62(66)71(94-74)99-76-68-44-60(48-27-35-56(36-28-48)80(90,91)92)52(20-16-12-8-4)40-64(68)72(96-76)100-75-67-43-59(47-25-33-55(34-26-47)79(87,88)89)51(19-15-11-7-3)39-63(67)70(95-75)98-73/h21-44H,5-20H2,1-4H3,(H2,93,94,95,96,97,98,99,100). The molecule has 2 aliphatic rings. The molecule has 2 N–H and O–H groups in total. The Morgan fingerprint density at radius 1 is 0.250 bits per heavy atom. The van der Waals surface area contributed by atoms with Crippen LogP contribution in [0.1, 0.15) is 149 Å². The molecule has 0 saturated carbocycles. The number of nitrogens with zero attached hydrogens (tertiary/aromatic N) is 6. The third-order valence-corrected chi connectivity index (χ3v) is 19.0. The Labute approximate surface area is 569 Å². The minimum Gasteiger partial charge on any atom is -0.324 e. The lowest BCUT2D eigenvalue weighted by molar-refractivity contribution is -0.138. The summed E-state index contributed by atoms with van der Waals surface area (Å²) < 4.78 is 170. The molecule has 100 heavy (non-hydrogen) atoms. The van der Waals surface area contributed by atoms with Crippen molar-refractivity contribution in [1.82, 2.24) is 39.9 Å². The van der Waals surface area contributed by atoms with Gasteiger partial charge >= 0.3 is 24.7 Å². The Morgan fingerprint density at radius 3 is 0.710 bits per heavy atom. The number of hydrogen-bond acceptors (Lipinski definition) is 6. The maximum absolute atomic E-state index is 14.2. The van der Waals surface area contributed by atoms with Crippen LogP contribution in [0, 0.1) is 0 Å². The van der Waals surface area contributed by atoms with Gasteiger partial charge < -0.3 is 9.97 Å². The number of H-pyrrole nitrogens is 2. The quantitative estimate of drug-likeness (QED) is 0.0581. The van der Waals surface area contributed by atoms with Crippen molar-refractivity contribution in [3.8, 4) is 90.1 Å². The second-order valence-corrected chi connectivity index (χ2v) is 26.0. The lowest BCUT2D eigenvalue weighted by Gasteiger charge is -2.14. The Morgan fingerprint density at radius 2 is 0.470 bits per heavy atom. The van der Waals surface area contributed by atoms with Gasteiger partial charge in [-0.25, -0.2) is 29.9 Å². The number of benzene rings is 8. The summed E-state index contributed by atoms with van der Waals surface area (Å²) in [6, 6.07) is 35.4. The van der Waals surface area contributed by atoms with Gasteiger partial charge in [0.15, 0.2) is 23.3 Å². The van der Waals surface area contributed by atoms with Crippen molar-refractivity contribution in [2.75, 3.05) is 0 Å². The number of aromatic nitrogens is 8. The van der Waals surface area contributed by atoms with Gasteiger partial charge in [-0.2, -0.15) is 52.7 Å². The molecule has 514 valence electrons. The summed E-state index contributed by atoms with van der Waals surface area (Å²) in [5.41, 5.74) is 7.78. The summed E-state index contributed by atoms with van der Waals surface area (Å²) in [7, 11) is 0. The van der Waals surface area contributed by atoms with Crippen LogP contribution in [0.5, 0.6) is 0 Å². The van der Waals surface area contributed by atoms with E-state index in [1.807, 2.05) is 48.5 Å². The highest BCUT2D eigenvalue weighted by molar-refractivity contribution is 6.09. The fourth-order valence-electron chi connectivity index (χ4n) is 13.7. The van der Waals surface area contributed by atoms with Crippen molar-refractivity contribution in [1.29, 1.82) is 0 Å². The fourth-order valence-corrected chi connectivity index (χ4v) is 13.7. The zero-order chi connectivity index (χ0) is 70.4. The van der Waals surface area contributed by atoms with Gasteiger partial charge in [-0.05, 0) is 215 Å². The number of alkyl halides is 12. The molecule has 20 heteroatoms. The Hall–Kier alpha value is -9.72. The second-order valence-electron chi connectivity index (χ2n) is 26.0. The van der Waals surface area contributed by atoms with Crippen molar-refractivity contribution < 1.29 is 52.7 Å². The van der Waals surface area contributed by atoms with E-state index < -0.39 is 47.0 Å². The average molecular weight is 1370 g/mol. The summed E-state index contributed by atoms with van der Waals surface area (Å²) in [5.74, 6) is 0.713. The summed E-state index contributed by atoms with van der Waals surface area (Å²) in [6.07, 6.45) is -6.40. The Kier molecular flexibility index (Phi) is 19.1. The van der Waals surface area contributed by atoms with E-state index in [1.165, 1.54) is 48.5 Å². The minimum atomic E-state index is -4.60. The first-order valence-electron chi connectivity index (χ1n) is 34.1. The second kappa shape index (κ2) is 27.8. The number of aryl methyl sites for hydroxylation is 4. The Balaban J connectivity index is 1.17. The molecule has 0 atom stereocenters. The molecule has 0 saturated heterocycles. The molecule has 0 fully saturated rings. The molecule has 11 aromatic rings.